The molecule has 0 radical (unpaired) electrons. The van der Waals surface area contributed by atoms with Crippen molar-refractivity contribution in [1.29, 1.82) is 0 Å². The molecule has 0 fully saturated rings. The Morgan fingerprint density at radius 3 is 2.49 bits per heavy atom. The predicted octanol–water partition coefficient (Wildman–Crippen LogP) is 6.43. The van der Waals surface area contributed by atoms with Gasteiger partial charge in [0, 0.05) is 40.5 Å². The van der Waals surface area contributed by atoms with E-state index in [0.717, 1.165) is 20.1 Å². The lowest BCUT2D eigenvalue weighted by Gasteiger charge is -2.31. The van der Waals surface area contributed by atoms with Crippen LogP contribution in [0.4, 0.5) is 4.39 Å². The third kappa shape index (κ3) is 7.51. The maximum Gasteiger partial charge on any atom is 0.266 e. The molecular formula is C33H30Br2FN3O4. The van der Waals surface area contributed by atoms with Gasteiger partial charge in [0.2, 0.25) is 5.90 Å². The SMILES string of the molecule is O=C(NNCc1cccc(F)c1)[C@@]1(Cc2ccccc2Br)N=C(c2ccc(OCCCO)cc2)O[C@H]1c1ccc(Br)cc1. The molecule has 4 aromatic carbocycles. The first-order chi connectivity index (χ1) is 20.9. The van der Waals surface area contributed by atoms with Gasteiger partial charge in [0.1, 0.15) is 11.6 Å². The van der Waals surface area contributed by atoms with Gasteiger partial charge in [-0.15, -0.1) is 0 Å². The third-order valence-electron chi connectivity index (χ3n) is 7.00. The molecule has 1 aliphatic heterocycles. The Bertz CT molecular complexity index is 1580. The molecule has 0 bridgehead atoms. The number of hydrazine groups is 1. The monoisotopic (exact) mass is 709 g/mol. The Labute approximate surface area is 266 Å². The maximum atomic E-state index is 14.3. The van der Waals surface area contributed by atoms with E-state index in [9.17, 15) is 9.18 Å². The lowest BCUT2D eigenvalue weighted by Crippen LogP contribution is -2.53. The smallest absolute Gasteiger partial charge is 0.266 e. The van der Waals surface area contributed by atoms with Gasteiger partial charge in [-0.05, 0) is 71.3 Å². The number of aliphatic hydroxyl groups is 1. The normalized spacial score (nSPS) is 17.7. The number of carbonyl (C=O) groups excluding carboxylic acids is 1. The van der Waals surface area contributed by atoms with Crippen LogP contribution in [-0.4, -0.2) is 35.7 Å². The van der Waals surface area contributed by atoms with Crippen LogP contribution in [0.1, 0.15) is 34.8 Å². The summed E-state index contributed by atoms with van der Waals surface area (Å²) >= 11 is 7.14. The minimum Gasteiger partial charge on any atom is -0.494 e. The molecule has 10 heteroatoms. The quantitative estimate of drug-likeness (QED) is 0.116. The van der Waals surface area contributed by atoms with E-state index < -0.39 is 17.6 Å². The van der Waals surface area contributed by atoms with Crippen LogP contribution >= 0.6 is 31.9 Å². The highest BCUT2D eigenvalue weighted by Gasteiger charge is 2.53. The van der Waals surface area contributed by atoms with Crippen LogP contribution in [0.15, 0.2) is 111 Å². The van der Waals surface area contributed by atoms with Crippen LogP contribution in [0.3, 0.4) is 0 Å². The minimum absolute atomic E-state index is 0.0545. The zero-order valence-electron chi connectivity index (χ0n) is 23.1. The van der Waals surface area contributed by atoms with E-state index >= 15 is 0 Å². The molecular weight excluding hydrogens is 681 g/mol. The van der Waals surface area contributed by atoms with Crippen molar-refractivity contribution in [2.24, 2.45) is 4.99 Å². The van der Waals surface area contributed by atoms with Crippen LogP contribution in [0.25, 0.3) is 0 Å². The summed E-state index contributed by atoms with van der Waals surface area (Å²) in [5, 5.41) is 9.04. The first-order valence-corrected chi connectivity index (χ1v) is 15.3. The van der Waals surface area contributed by atoms with E-state index in [1.165, 1.54) is 12.1 Å². The van der Waals surface area contributed by atoms with Crippen molar-refractivity contribution in [3.63, 3.8) is 0 Å². The molecule has 43 heavy (non-hydrogen) atoms. The number of aliphatic hydroxyl groups excluding tert-OH is 1. The number of nitrogens with zero attached hydrogens (tertiary/aromatic N) is 1. The van der Waals surface area contributed by atoms with Crippen LogP contribution in [0.5, 0.6) is 5.75 Å². The molecule has 0 aromatic heterocycles. The Kier molecular flexibility index (Phi) is 10.2. The molecule has 2 atom stereocenters. The van der Waals surface area contributed by atoms with Crippen molar-refractivity contribution in [3.05, 3.63) is 134 Å². The Hall–Kier alpha value is -3.57. The number of benzene rings is 4. The van der Waals surface area contributed by atoms with Gasteiger partial charge in [-0.25, -0.2) is 14.8 Å². The Morgan fingerprint density at radius 2 is 1.77 bits per heavy atom. The highest BCUT2D eigenvalue weighted by atomic mass is 79.9. The highest BCUT2D eigenvalue weighted by Crippen LogP contribution is 2.43. The first kappa shape index (κ1) is 30.9. The van der Waals surface area contributed by atoms with Crippen molar-refractivity contribution in [2.45, 2.75) is 31.0 Å². The average Bonchev–Trinajstić information content (AvgIpc) is 3.40. The summed E-state index contributed by atoms with van der Waals surface area (Å²) < 4.78 is 27.7. The number of hydrogen-bond acceptors (Lipinski definition) is 6. The molecule has 0 aliphatic carbocycles. The van der Waals surface area contributed by atoms with Crippen molar-refractivity contribution < 1.29 is 23.8 Å². The molecule has 3 N–H and O–H groups in total. The molecule has 7 nitrogen and oxygen atoms in total. The minimum atomic E-state index is -1.40. The van der Waals surface area contributed by atoms with E-state index in [0.29, 0.717) is 35.8 Å². The predicted molar refractivity (Wildman–Crippen MR) is 170 cm³/mol. The van der Waals surface area contributed by atoms with Gasteiger partial charge in [-0.1, -0.05) is 74.3 Å². The molecule has 1 heterocycles. The van der Waals surface area contributed by atoms with Gasteiger partial charge in [-0.3, -0.25) is 10.2 Å². The van der Waals surface area contributed by atoms with E-state index in [1.807, 2.05) is 72.8 Å². The Morgan fingerprint density at radius 1 is 1.00 bits per heavy atom. The van der Waals surface area contributed by atoms with E-state index in [-0.39, 0.29) is 25.4 Å². The fourth-order valence-electron chi connectivity index (χ4n) is 4.83. The number of ether oxygens (including phenoxy) is 2. The Balaban J connectivity index is 1.52. The van der Waals surface area contributed by atoms with Gasteiger partial charge in [-0.2, -0.15) is 0 Å². The molecule has 0 spiro atoms. The van der Waals surface area contributed by atoms with Gasteiger partial charge in [0.05, 0.1) is 6.61 Å². The zero-order valence-corrected chi connectivity index (χ0v) is 26.3. The van der Waals surface area contributed by atoms with Gasteiger partial charge in [0.15, 0.2) is 11.6 Å². The molecule has 222 valence electrons. The average molecular weight is 711 g/mol. The summed E-state index contributed by atoms with van der Waals surface area (Å²) in [5.74, 6) is 0.224. The summed E-state index contributed by atoms with van der Waals surface area (Å²) in [6.07, 6.45) is 0.0000654. The fourth-order valence-corrected chi connectivity index (χ4v) is 5.52. The summed E-state index contributed by atoms with van der Waals surface area (Å²) in [7, 11) is 0. The standard InChI is InChI=1S/C33H30Br2FN3O4/c34-26-13-9-23(10-14-26)30-33(20-25-6-1-2-8-29(25)35,32(41)39-37-21-22-5-3-7-27(36)19-22)38-31(43-30)24-11-15-28(16-12-24)42-18-4-17-40/h1-3,5-16,19,30,37,40H,4,17-18,20-21H2,(H,39,41)/t30-,33-/m0/s1. The first-order valence-electron chi connectivity index (χ1n) is 13.8. The zero-order chi connectivity index (χ0) is 30.2. The van der Waals surface area contributed by atoms with Crippen molar-refractivity contribution in [3.8, 4) is 5.75 Å². The van der Waals surface area contributed by atoms with Crippen LogP contribution in [-0.2, 0) is 22.5 Å². The number of aliphatic imine (C=N–C) groups is 1. The molecule has 5 rings (SSSR count). The summed E-state index contributed by atoms with van der Waals surface area (Å²) in [6.45, 7) is 0.669. The summed E-state index contributed by atoms with van der Waals surface area (Å²) in [5.41, 5.74) is 7.40. The number of rotatable bonds is 12. The van der Waals surface area contributed by atoms with Crippen molar-refractivity contribution >= 4 is 43.7 Å². The van der Waals surface area contributed by atoms with E-state index in [1.54, 1.807) is 12.1 Å². The number of nitrogens with one attached hydrogen (secondary N) is 2. The topological polar surface area (TPSA) is 92.2 Å². The lowest BCUT2D eigenvalue weighted by atomic mass is 9.82. The fraction of sp³-hybridized carbons (Fsp3) is 0.212. The lowest BCUT2D eigenvalue weighted by molar-refractivity contribution is -0.130. The summed E-state index contributed by atoms with van der Waals surface area (Å²) in [6, 6.07) is 28.8. The van der Waals surface area contributed by atoms with E-state index in [4.69, 9.17) is 19.6 Å². The second kappa shape index (κ2) is 14.3. The third-order valence-corrected chi connectivity index (χ3v) is 8.31. The second-order valence-corrected chi connectivity index (χ2v) is 11.8. The van der Waals surface area contributed by atoms with Crippen LogP contribution in [0, 0.1) is 5.82 Å². The van der Waals surface area contributed by atoms with Crippen LogP contribution < -0.4 is 15.6 Å². The maximum absolute atomic E-state index is 14.3. The van der Waals surface area contributed by atoms with Gasteiger partial charge in [0.25, 0.3) is 5.91 Å². The number of carbonyl (C=O) groups is 1. The molecule has 0 saturated carbocycles. The number of hydrogen-bond donors (Lipinski definition) is 3. The van der Waals surface area contributed by atoms with Crippen LogP contribution in [0.2, 0.25) is 0 Å². The van der Waals surface area contributed by atoms with E-state index in [2.05, 4.69) is 42.7 Å². The summed E-state index contributed by atoms with van der Waals surface area (Å²) in [4.78, 5) is 19.3. The number of halogens is 3. The molecule has 0 unspecified atom stereocenters. The molecule has 1 aliphatic rings. The van der Waals surface area contributed by atoms with Crippen molar-refractivity contribution in [1.82, 2.24) is 10.9 Å². The number of amides is 1. The molecule has 0 saturated heterocycles. The second-order valence-electron chi connectivity index (χ2n) is 10.0. The molecule has 4 aromatic rings. The van der Waals surface area contributed by atoms with Gasteiger partial charge < -0.3 is 14.6 Å². The highest BCUT2D eigenvalue weighted by molar-refractivity contribution is 9.10. The van der Waals surface area contributed by atoms with Crippen molar-refractivity contribution in [2.75, 3.05) is 13.2 Å². The largest absolute Gasteiger partial charge is 0.494 e. The molecule has 1 amide bonds. The van der Waals surface area contributed by atoms with Gasteiger partial charge >= 0.3 is 0 Å².